The Morgan fingerprint density at radius 2 is 1.83 bits per heavy atom. The van der Waals surface area contributed by atoms with E-state index >= 15 is 0 Å². The molecule has 160 valence electrons. The average Bonchev–Trinajstić information content (AvgIpc) is 2.90. The summed E-state index contributed by atoms with van der Waals surface area (Å²) in [6, 6.07) is 8.86. The standard InChI is InChI=1S/C24H37N3O2/c1-19(26-15-7-4-8-16-26)23(28)27-17-20-9-5-6-10-22(20)29-24(18-27)13-11-21(12-14-24)25(2)3/h5-6,9-10,19,21H,4,7-8,11-18H2,1-3H3/t19-,21?,24?/m0/s1. The summed E-state index contributed by atoms with van der Waals surface area (Å²) in [5.41, 5.74) is 0.884. The van der Waals surface area contributed by atoms with Crippen molar-refractivity contribution in [2.45, 2.75) is 76.1 Å². The summed E-state index contributed by atoms with van der Waals surface area (Å²) < 4.78 is 6.69. The molecule has 0 radical (unpaired) electrons. The largest absolute Gasteiger partial charge is 0.485 e. The maximum atomic E-state index is 13.6. The molecule has 1 saturated carbocycles. The van der Waals surface area contributed by atoms with Crippen LogP contribution in [0.15, 0.2) is 24.3 Å². The number of hydrogen-bond donors (Lipinski definition) is 0. The molecule has 1 amide bonds. The first-order valence-electron chi connectivity index (χ1n) is 11.4. The second kappa shape index (κ2) is 8.65. The van der Waals surface area contributed by atoms with Gasteiger partial charge in [-0.25, -0.2) is 0 Å². The lowest BCUT2D eigenvalue weighted by molar-refractivity contribution is -0.140. The number of hydrogen-bond acceptors (Lipinski definition) is 4. The molecular weight excluding hydrogens is 362 g/mol. The van der Waals surface area contributed by atoms with Gasteiger partial charge >= 0.3 is 0 Å². The first-order valence-corrected chi connectivity index (χ1v) is 11.4. The molecule has 1 atom stereocenters. The zero-order valence-corrected chi connectivity index (χ0v) is 18.4. The number of benzene rings is 1. The summed E-state index contributed by atoms with van der Waals surface area (Å²) >= 11 is 0. The van der Waals surface area contributed by atoms with Crippen molar-refractivity contribution < 1.29 is 9.53 Å². The van der Waals surface area contributed by atoms with Crippen molar-refractivity contribution >= 4 is 5.91 Å². The van der Waals surface area contributed by atoms with Gasteiger partial charge in [-0.05, 0) is 78.7 Å². The van der Waals surface area contributed by atoms with Gasteiger partial charge in [0.05, 0.1) is 12.6 Å². The van der Waals surface area contributed by atoms with E-state index < -0.39 is 0 Å². The molecule has 29 heavy (non-hydrogen) atoms. The van der Waals surface area contributed by atoms with Crippen molar-refractivity contribution in [2.75, 3.05) is 33.7 Å². The van der Waals surface area contributed by atoms with Crippen molar-refractivity contribution in [1.29, 1.82) is 0 Å². The Hall–Kier alpha value is -1.59. The van der Waals surface area contributed by atoms with E-state index in [9.17, 15) is 4.79 Å². The average molecular weight is 400 g/mol. The minimum Gasteiger partial charge on any atom is -0.485 e. The second-order valence-corrected chi connectivity index (χ2v) is 9.55. The number of piperidine rings is 1. The number of ether oxygens (including phenoxy) is 1. The molecule has 5 nitrogen and oxygen atoms in total. The predicted octanol–water partition coefficient (Wildman–Crippen LogP) is 3.53. The second-order valence-electron chi connectivity index (χ2n) is 9.55. The first kappa shape index (κ1) is 20.7. The van der Waals surface area contributed by atoms with E-state index in [-0.39, 0.29) is 17.6 Å². The lowest BCUT2D eigenvalue weighted by atomic mass is 9.81. The van der Waals surface area contributed by atoms with Crippen molar-refractivity contribution in [3.63, 3.8) is 0 Å². The summed E-state index contributed by atoms with van der Waals surface area (Å²) in [6.45, 7) is 5.55. The van der Waals surface area contributed by atoms with Gasteiger partial charge in [-0.1, -0.05) is 24.6 Å². The summed E-state index contributed by atoms with van der Waals surface area (Å²) in [7, 11) is 4.34. The topological polar surface area (TPSA) is 36.0 Å². The highest BCUT2D eigenvalue weighted by Gasteiger charge is 2.43. The molecule has 1 aliphatic carbocycles. The lowest BCUT2D eigenvalue weighted by Crippen LogP contribution is -2.55. The summed E-state index contributed by atoms with van der Waals surface area (Å²) in [5, 5.41) is 0. The normalized spacial score (nSPS) is 29.2. The SMILES string of the molecule is C[C@@H](C(=O)N1Cc2ccccc2OC2(CCC(N(C)C)CC2)C1)N1CCCCC1. The van der Waals surface area contributed by atoms with Crippen molar-refractivity contribution in [2.24, 2.45) is 0 Å². The van der Waals surface area contributed by atoms with Gasteiger partial charge < -0.3 is 14.5 Å². The summed E-state index contributed by atoms with van der Waals surface area (Å²) in [5.74, 6) is 1.23. The molecule has 2 aliphatic heterocycles. The zero-order valence-electron chi connectivity index (χ0n) is 18.4. The van der Waals surface area contributed by atoms with E-state index in [0.29, 0.717) is 19.1 Å². The third-order valence-electron chi connectivity index (χ3n) is 7.34. The predicted molar refractivity (Wildman–Crippen MR) is 116 cm³/mol. The van der Waals surface area contributed by atoms with Gasteiger partial charge in [0, 0.05) is 18.2 Å². The molecule has 1 spiro atoms. The summed E-state index contributed by atoms with van der Waals surface area (Å²) in [4.78, 5) is 20.4. The Bertz CT molecular complexity index is 706. The van der Waals surface area contributed by atoms with Gasteiger partial charge in [-0.15, -0.1) is 0 Å². The van der Waals surface area contributed by atoms with Gasteiger partial charge in [-0.3, -0.25) is 9.69 Å². The van der Waals surface area contributed by atoms with E-state index in [1.807, 2.05) is 6.07 Å². The number of rotatable bonds is 3. The molecule has 2 fully saturated rings. The van der Waals surface area contributed by atoms with Crippen LogP contribution in [0, 0.1) is 0 Å². The van der Waals surface area contributed by atoms with Crippen LogP contribution in [-0.4, -0.2) is 72.0 Å². The van der Waals surface area contributed by atoms with Gasteiger partial charge in [0.1, 0.15) is 11.4 Å². The van der Waals surface area contributed by atoms with Crippen molar-refractivity contribution in [3.8, 4) is 5.75 Å². The number of carbonyl (C=O) groups excluding carboxylic acids is 1. The number of amides is 1. The van der Waals surface area contributed by atoms with Crippen LogP contribution < -0.4 is 4.74 Å². The molecule has 5 heteroatoms. The fourth-order valence-electron chi connectivity index (χ4n) is 5.40. The Morgan fingerprint density at radius 1 is 1.14 bits per heavy atom. The quantitative estimate of drug-likeness (QED) is 0.779. The van der Waals surface area contributed by atoms with Crippen LogP contribution in [0.5, 0.6) is 5.75 Å². The molecule has 1 aromatic rings. The molecule has 1 aromatic carbocycles. The van der Waals surface area contributed by atoms with E-state index in [1.165, 1.54) is 19.3 Å². The Morgan fingerprint density at radius 3 is 2.52 bits per heavy atom. The molecule has 2 heterocycles. The van der Waals surface area contributed by atoms with E-state index in [4.69, 9.17) is 4.74 Å². The zero-order chi connectivity index (χ0) is 20.4. The minimum atomic E-state index is -0.254. The number of nitrogens with zero attached hydrogens (tertiary/aromatic N) is 3. The van der Waals surface area contributed by atoms with Crippen LogP contribution in [0.2, 0.25) is 0 Å². The molecule has 0 N–H and O–H groups in total. The Labute approximate surface area is 176 Å². The molecule has 0 unspecified atom stereocenters. The third kappa shape index (κ3) is 4.46. The number of para-hydroxylation sites is 1. The Balaban J connectivity index is 1.56. The van der Waals surface area contributed by atoms with Crippen molar-refractivity contribution in [1.82, 2.24) is 14.7 Å². The lowest BCUT2D eigenvalue weighted by Gasteiger charge is -2.43. The maximum Gasteiger partial charge on any atom is 0.240 e. The van der Waals surface area contributed by atoms with E-state index in [1.54, 1.807) is 0 Å². The number of carbonyl (C=O) groups is 1. The maximum absolute atomic E-state index is 13.6. The minimum absolute atomic E-state index is 0.0456. The van der Waals surface area contributed by atoms with Crippen LogP contribution in [0.4, 0.5) is 0 Å². The van der Waals surface area contributed by atoms with E-state index in [0.717, 1.165) is 50.1 Å². The number of fused-ring (bicyclic) bond motifs is 1. The smallest absolute Gasteiger partial charge is 0.240 e. The highest BCUT2D eigenvalue weighted by Crippen LogP contribution is 2.39. The highest BCUT2D eigenvalue weighted by molar-refractivity contribution is 5.81. The van der Waals surface area contributed by atoms with Gasteiger partial charge in [0.15, 0.2) is 0 Å². The van der Waals surface area contributed by atoms with Crippen LogP contribution in [0.3, 0.4) is 0 Å². The van der Waals surface area contributed by atoms with E-state index in [2.05, 4.69) is 53.9 Å². The Kier molecular flexibility index (Phi) is 6.16. The van der Waals surface area contributed by atoms with Gasteiger partial charge in [-0.2, -0.15) is 0 Å². The molecule has 0 bridgehead atoms. The molecule has 0 aromatic heterocycles. The van der Waals surface area contributed by atoms with Gasteiger partial charge in [0.25, 0.3) is 0 Å². The fourth-order valence-corrected chi connectivity index (χ4v) is 5.40. The van der Waals surface area contributed by atoms with Crippen LogP contribution >= 0.6 is 0 Å². The third-order valence-corrected chi connectivity index (χ3v) is 7.34. The number of likely N-dealkylation sites (tertiary alicyclic amines) is 1. The van der Waals surface area contributed by atoms with Crippen molar-refractivity contribution in [3.05, 3.63) is 29.8 Å². The van der Waals surface area contributed by atoms with Crippen LogP contribution in [0.1, 0.15) is 57.4 Å². The van der Waals surface area contributed by atoms with Crippen LogP contribution in [-0.2, 0) is 11.3 Å². The first-order chi connectivity index (χ1) is 14.0. The highest BCUT2D eigenvalue weighted by atomic mass is 16.5. The summed E-state index contributed by atoms with van der Waals surface area (Å²) in [6.07, 6.45) is 7.97. The molecular formula is C24H37N3O2. The molecule has 1 saturated heterocycles. The van der Waals surface area contributed by atoms with Gasteiger partial charge in [0.2, 0.25) is 5.91 Å². The van der Waals surface area contributed by atoms with Crippen LogP contribution in [0.25, 0.3) is 0 Å². The molecule has 3 aliphatic rings. The molecule has 4 rings (SSSR count). The monoisotopic (exact) mass is 399 g/mol. The fraction of sp³-hybridized carbons (Fsp3) is 0.708.